The zero-order chi connectivity index (χ0) is 28.9. The molecule has 1 aliphatic rings. The Morgan fingerprint density at radius 1 is 1.17 bits per heavy atom. The van der Waals surface area contributed by atoms with Gasteiger partial charge in [0.2, 0.25) is 5.91 Å². The van der Waals surface area contributed by atoms with E-state index in [-0.39, 0.29) is 29.8 Å². The molecular formula is C28H31F2N7O4. The second kappa shape index (κ2) is 12.4. The van der Waals surface area contributed by atoms with Crippen molar-refractivity contribution >= 4 is 34.1 Å². The van der Waals surface area contributed by atoms with Crippen molar-refractivity contribution in [1.29, 1.82) is 0 Å². The summed E-state index contributed by atoms with van der Waals surface area (Å²) < 4.78 is 40.3. The van der Waals surface area contributed by atoms with E-state index in [1.807, 2.05) is 0 Å². The van der Waals surface area contributed by atoms with E-state index < -0.39 is 17.5 Å². The number of rotatable bonds is 11. The number of aromatic amines is 1. The molecule has 2 aromatic heterocycles. The molecule has 216 valence electrons. The van der Waals surface area contributed by atoms with Gasteiger partial charge in [0.05, 0.1) is 37.4 Å². The van der Waals surface area contributed by atoms with Crippen LogP contribution in [0, 0.1) is 11.6 Å². The molecule has 1 amide bonds. The van der Waals surface area contributed by atoms with Crippen LogP contribution in [0.5, 0.6) is 11.5 Å². The molecule has 0 radical (unpaired) electrons. The Hall–Kier alpha value is -4.36. The predicted octanol–water partition coefficient (Wildman–Crippen LogP) is 3.36. The Bertz CT molecular complexity index is 1510. The minimum Gasteiger partial charge on any atom is -0.493 e. The fourth-order valence-electron chi connectivity index (χ4n) is 4.98. The van der Waals surface area contributed by atoms with Gasteiger partial charge in [0, 0.05) is 42.4 Å². The Balaban J connectivity index is 1.47. The highest BCUT2D eigenvalue weighted by molar-refractivity contribution is 5.96. The first-order valence-corrected chi connectivity index (χ1v) is 13.3. The molecule has 4 aromatic rings. The van der Waals surface area contributed by atoms with E-state index >= 15 is 0 Å². The van der Waals surface area contributed by atoms with E-state index in [1.54, 1.807) is 18.2 Å². The molecule has 1 unspecified atom stereocenters. The molecule has 11 nitrogen and oxygen atoms in total. The van der Waals surface area contributed by atoms with Crippen LogP contribution in [0.3, 0.4) is 0 Å². The topological polar surface area (TPSA) is 143 Å². The van der Waals surface area contributed by atoms with E-state index in [9.17, 15) is 18.7 Å². The van der Waals surface area contributed by atoms with Crippen molar-refractivity contribution in [1.82, 2.24) is 25.1 Å². The van der Waals surface area contributed by atoms with Gasteiger partial charge in [-0.1, -0.05) is 0 Å². The minimum absolute atomic E-state index is 0.101. The average molecular weight is 568 g/mol. The van der Waals surface area contributed by atoms with Gasteiger partial charge >= 0.3 is 0 Å². The largest absolute Gasteiger partial charge is 0.493 e. The number of β-amino-alcohol motifs (C(OH)–C–C–N with tert-alkyl or cyclic N) is 1. The minimum atomic E-state index is -0.788. The number of likely N-dealkylation sites (tertiary alicyclic amines) is 1. The van der Waals surface area contributed by atoms with Crippen LogP contribution < -0.4 is 20.1 Å². The number of methoxy groups -OCH3 is 1. The summed E-state index contributed by atoms with van der Waals surface area (Å²) in [5.74, 6) is -0.744. The molecule has 0 aliphatic carbocycles. The number of H-pyrrole nitrogens is 1. The molecule has 1 saturated heterocycles. The summed E-state index contributed by atoms with van der Waals surface area (Å²) in [6.07, 6.45) is 3.52. The second-order valence-electron chi connectivity index (χ2n) is 9.87. The van der Waals surface area contributed by atoms with Gasteiger partial charge in [-0.3, -0.25) is 14.8 Å². The SMILES string of the molecule is COc1cc2c(N(c3cc(F)cc(F)c3)c3cc(CC(N)=O)[nH]n3)ncnc2cc1OCCCN1CCCC(O)C1. The van der Waals surface area contributed by atoms with Gasteiger partial charge in [-0.2, -0.15) is 5.10 Å². The standard InChI is InChI=1S/C28H31F2N7O4/c1-40-24-13-22-23(14-25(24)41-7-3-6-36-5-2-4-21(38)15-36)32-16-33-28(22)37(20-9-17(29)8-18(30)10-20)27-12-19(34-35-27)11-26(31)39/h8-10,12-14,16,21,38H,2-7,11,15H2,1H3,(H2,31,39)(H,34,35). The maximum atomic E-state index is 14.3. The van der Waals surface area contributed by atoms with E-state index in [0.29, 0.717) is 41.2 Å². The second-order valence-corrected chi connectivity index (χ2v) is 9.87. The quantitative estimate of drug-likeness (QED) is 0.233. The van der Waals surface area contributed by atoms with Crippen LogP contribution in [0.15, 0.2) is 42.7 Å². The van der Waals surface area contributed by atoms with Gasteiger partial charge in [-0.25, -0.2) is 18.7 Å². The van der Waals surface area contributed by atoms with Gasteiger partial charge in [0.25, 0.3) is 0 Å². The smallest absolute Gasteiger partial charge is 0.223 e. The maximum Gasteiger partial charge on any atom is 0.223 e. The molecule has 1 aliphatic heterocycles. The highest BCUT2D eigenvalue weighted by Gasteiger charge is 2.23. The van der Waals surface area contributed by atoms with Crippen molar-refractivity contribution in [3.63, 3.8) is 0 Å². The fourth-order valence-corrected chi connectivity index (χ4v) is 4.98. The average Bonchev–Trinajstić information content (AvgIpc) is 3.37. The number of hydrogen-bond donors (Lipinski definition) is 3. The number of aromatic nitrogens is 4. The van der Waals surface area contributed by atoms with Gasteiger partial charge in [0.15, 0.2) is 17.3 Å². The monoisotopic (exact) mass is 567 g/mol. The van der Waals surface area contributed by atoms with Crippen molar-refractivity contribution in [3.8, 4) is 11.5 Å². The Kier molecular flexibility index (Phi) is 8.55. The first-order chi connectivity index (χ1) is 19.8. The van der Waals surface area contributed by atoms with Crippen LogP contribution in [0.25, 0.3) is 10.9 Å². The number of carbonyl (C=O) groups excluding carboxylic acids is 1. The van der Waals surface area contributed by atoms with Crippen LogP contribution in [0.1, 0.15) is 25.0 Å². The molecule has 1 atom stereocenters. The number of halogens is 2. The molecule has 4 N–H and O–H groups in total. The molecule has 41 heavy (non-hydrogen) atoms. The lowest BCUT2D eigenvalue weighted by atomic mass is 10.1. The number of nitrogens with one attached hydrogen (secondary N) is 1. The van der Waals surface area contributed by atoms with Crippen LogP contribution in [-0.4, -0.2) is 75.5 Å². The molecule has 0 bridgehead atoms. The van der Waals surface area contributed by atoms with Gasteiger partial charge < -0.3 is 25.2 Å². The van der Waals surface area contributed by atoms with Crippen molar-refractivity contribution in [3.05, 3.63) is 60.1 Å². The van der Waals surface area contributed by atoms with Crippen molar-refractivity contribution in [2.24, 2.45) is 5.73 Å². The van der Waals surface area contributed by atoms with Gasteiger partial charge in [-0.05, 0) is 44.0 Å². The van der Waals surface area contributed by atoms with E-state index in [4.69, 9.17) is 15.2 Å². The third-order valence-corrected chi connectivity index (χ3v) is 6.79. The van der Waals surface area contributed by atoms with Crippen LogP contribution in [0.4, 0.5) is 26.1 Å². The number of ether oxygens (including phenoxy) is 2. The highest BCUT2D eigenvalue weighted by Crippen LogP contribution is 2.40. The molecule has 0 saturated carbocycles. The van der Waals surface area contributed by atoms with Crippen LogP contribution >= 0.6 is 0 Å². The maximum absolute atomic E-state index is 14.3. The number of amides is 1. The molecule has 0 spiro atoms. The zero-order valence-corrected chi connectivity index (χ0v) is 22.5. The molecule has 1 fully saturated rings. The number of aliphatic hydroxyl groups excluding tert-OH is 1. The van der Waals surface area contributed by atoms with Crippen molar-refractivity contribution < 1.29 is 28.2 Å². The molecule has 3 heterocycles. The number of piperidine rings is 1. The van der Waals surface area contributed by atoms with Crippen LogP contribution in [0.2, 0.25) is 0 Å². The number of nitrogens with two attached hydrogens (primary N) is 1. The predicted molar refractivity (Wildman–Crippen MR) is 148 cm³/mol. The number of anilines is 3. The third-order valence-electron chi connectivity index (χ3n) is 6.79. The first kappa shape index (κ1) is 28.2. The Labute approximate surface area is 234 Å². The Morgan fingerprint density at radius 3 is 2.71 bits per heavy atom. The number of primary amides is 1. The molecule has 13 heteroatoms. The fraction of sp³-hybridized carbons (Fsp3) is 0.357. The van der Waals surface area contributed by atoms with E-state index in [1.165, 1.54) is 18.3 Å². The van der Waals surface area contributed by atoms with Crippen molar-refractivity contribution in [2.75, 3.05) is 38.3 Å². The lowest BCUT2D eigenvalue weighted by Gasteiger charge is -2.29. The highest BCUT2D eigenvalue weighted by atomic mass is 19.1. The number of nitrogens with zero attached hydrogens (tertiary/aromatic N) is 5. The molecular weight excluding hydrogens is 536 g/mol. The normalized spacial score (nSPS) is 15.7. The summed E-state index contributed by atoms with van der Waals surface area (Å²) in [7, 11) is 1.51. The summed E-state index contributed by atoms with van der Waals surface area (Å²) in [6, 6.07) is 8.03. The Morgan fingerprint density at radius 2 is 1.98 bits per heavy atom. The summed E-state index contributed by atoms with van der Waals surface area (Å²) in [4.78, 5) is 23.9. The summed E-state index contributed by atoms with van der Waals surface area (Å²) >= 11 is 0. The number of carbonyl (C=O) groups is 1. The first-order valence-electron chi connectivity index (χ1n) is 13.3. The number of hydrogen-bond acceptors (Lipinski definition) is 9. The van der Waals surface area contributed by atoms with E-state index in [0.717, 1.165) is 50.6 Å². The number of aliphatic hydroxyl groups is 1. The van der Waals surface area contributed by atoms with Crippen LogP contribution in [-0.2, 0) is 11.2 Å². The third kappa shape index (κ3) is 6.69. The summed E-state index contributed by atoms with van der Waals surface area (Å²) in [5.41, 5.74) is 6.35. The molecule has 5 rings (SSSR count). The molecule has 2 aromatic carbocycles. The van der Waals surface area contributed by atoms with Crippen molar-refractivity contribution in [2.45, 2.75) is 31.8 Å². The van der Waals surface area contributed by atoms with Gasteiger partial charge in [0.1, 0.15) is 23.8 Å². The lowest BCUT2D eigenvalue weighted by molar-refractivity contribution is -0.117. The van der Waals surface area contributed by atoms with Gasteiger partial charge in [-0.15, -0.1) is 0 Å². The number of fused-ring (bicyclic) bond motifs is 1. The van der Waals surface area contributed by atoms with E-state index in [2.05, 4.69) is 25.1 Å². The summed E-state index contributed by atoms with van der Waals surface area (Å²) in [6.45, 7) is 2.86. The lowest BCUT2D eigenvalue weighted by Crippen LogP contribution is -2.39. The summed E-state index contributed by atoms with van der Waals surface area (Å²) in [5, 5.41) is 17.4. The number of benzene rings is 2. The zero-order valence-electron chi connectivity index (χ0n) is 22.5.